The molecular weight excluding hydrogens is 230 g/mol. The molecule has 0 saturated heterocycles. The first-order chi connectivity index (χ1) is 7.95. The van der Waals surface area contributed by atoms with Crippen LogP contribution in [0.5, 0.6) is 5.75 Å². The van der Waals surface area contributed by atoms with E-state index in [0.29, 0.717) is 5.56 Å². The minimum atomic E-state index is -1.36. The summed E-state index contributed by atoms with van der Waals surface area (Å²) in [7, 11) is 1.14. The number of phenolic OH excluding ortho intramolecular Hbond substituents is 1. The number of nitro benzene ring substituents is 1. The van der Waals surface area contributed by atoms with Crippen molar-refractivity contribution in [2.75, 3.05) is 7.11 Å². The molecule has 0 amide bonds. The lowest BCUT2D eigenvalue weighted by Crippen LogP contribution is -2.24. The number of ether oxygens (including phenoxy) is 1. The van der Waals surface area contributed by atoms with Crippen molar-refractivity contribution in [2.24, 2.45) is 0 Å². The molecule has 1 atom stereocenters. The van der Waals surface area contributed by atoms with Crippen LogP contribution in [0.4, 0.5) is 5.69 Å². The number of nitrogens with zero attached hydrogens (tertiary/aromatic N) is 1. The van der Waals surface area contributed by atoms with Gasteiger partial charge >= 0.3 is 11.7 Å². The number of hydrogen-bond acceptors (Lipinski definition) is 6. The molecule has 0 radical (unpaired) electrons. The highest BCUT2D eigenvalue weighted by Crippen LogP contribution is 2.26. The summed E-state index contributed by atoms with van der Waals surface area (Å²) >= 11 is 0. The van der Waals surface area contributed by atoms with E-state index < -0.39 is 28.4 Å². The summed E-state index contributed by atoms with van der Waals surface area (Å²) in [6.07, 6.45) is -1.45. The lowest BCUT2D eigenvalue weighted by Gasteiger charge is -2.08. The number of carbonyl (C=O) groups excluding carboxylic acids is 1. The van der Waals surface area contributed by atoms with E-state index >= 15 is 0 Å². The Morgan fingerprint density at radius 1 is 1.59 bits per heavy atom. The Hall–Kier alpha value is -2.15. The van der Waals surface area contributed by atoms with Crippen LogP contribution in [0, 0.1) is 10.1 Å². The maximum atomic E-state index is 10.9. The van der Waals surface area contributed by atoms with Crippen molar-refractivity contribution < 1.29 is 24.7 Å². The van der Waals surface area contributed by atoms with Gasteiger partial charge in [-0.3, -0.25) is 10.1 Å². The summed E-state index contributed by atoms with van der Waals surface area (Å²) in [4.78, 5) is 20.6. The number of aromatic hydroxyl groups is 1. The first-order valence-electron chi connectivity index (χ1n) is 4.68. The molecule has 1 aromatic rings. The zero-order chi connectivity index (χ0) is 13.0. The van der Waals surface area contributed by atoms with Crippen molar-refractivity contribution in [1.29, 1.82) is 0 Å². The molecule has 0 aliphatic carbocycles. The average molecular weight is 241 g/mol. The number of methoxy groups -OCH3 is 1. The second kappa shape index (κ2) is 5.26. The molecular formula is C10H11NO6. The average Bonchev–Trinajstić information content (AvgIpc) is 2.27. The van der Waals surface area contributed by atoms with Crippen molar-refractivity contribution in [3.8, 4) is 5.75 Å². The highest BCUT2D eigenvalue weighted by Gasteiger charge is 2.18. The van der Waals surface area contributed by atoms with Crippen molar-refractivity contribution in [1.82, 2.24) is 0 Å². The van der Waals surface area contributed by atoms with Crippen LogP contribution >= 0.6 is 0 Å². The molecule has 0 spiro atoms. The Kier molecular flexibility index (Phi) is 4.00. The van der Waals surface area contributed by atoms with Crippen LogP contribution in [-0.2, 0) is 16.0 Å². The van der Waals surface area contributed by atoms with Crippen LogP contribution < -0.4 is 0 Å². The van der Waals surface area contributed by atoms with Crippen LogP contribution in [0.2, 0.25) is 0 Å². The van der Waals surface area contributed by atoms with Crippen LogP contribution in [0.1, 0.15) is 5.56 Å². The molecule has 2 N–H and O–H groups in total. The lowest BCUT2D eigenvalue weighted by molar-refractivity contribution is -0.385. The molecule has 0 bridgehead atoms. The van der Waals surface area contributed by atoms with E-state index in [1.54, 1.807) is 0 Å². The predicted molar refractivity (Wildman–Crippen MR) is 56.5 cm³/mol. The van der Waals surface area contributed by atoms with E-state index in [2.05, 4.69) is 4.74 Å². The Morgan fingerprint density at radius 2 is 2.24 bits per heavy atom. The number of hydrogen-bond donors (Lipinski definition) is 2. The Morgan fingerprint density at radius 3 is 2.71 bits per heavy atom. The van der Waals surface area contributed by atoms with Crippen molar-refractivity contribution >= 4 is 11.7 Å². The summed E-state index contributed by atoms with van der Waals surface area (Å²) in [5, 5.41) is 29.1. The third-order valence-corrected chi connectivity index (χ3v) is 2.14. The van der Waals surface area contributed by atoms with E-state index in [-0.39, 0.29) is 6.42 Å². The predicted octanol–water partition coefficient (Wildman–Crippen LogP) is 0.377. The molecule has 7 heteroatoms. The monoisotopic (exact) mass is 241 g/mol. The SMILES string of the molecule is COC(=O)[C@@H](O)Cc1ccc([N+](=O)[O-])c(O)c1. The molecule has 0 aliphatic heterocycles. The Bertz CT molecular complexity index is 444. The summed E-state index contributed by atoms with van der Waals surface area (Å²) in [5.74, 6) is -1.31. The van der Waals surface area contributed by atoms with Crippen molar-refractivity contribution in [2.45, 2.75) is 12.5 Å². The Balaban J connectivity index is 2.84. The van der Waals surface area contributed by atoms with Gasteiger partial charge in [0.05, 0.1) is 12.0 Å². The Labute approximate surface area is 96.4 Å². The molecule has 1 aromatic carbocycles. The van der Waals surface area contributed by atoms with E-state index in [4.69, 9.17) is 0 Å². The van der Waals surface area contributed by atoms with Gasteiger partial charge in [-0.25, -0.2) is 4.79 Å². The first-order valence-corrected chi connectivity index (χ1v) is 4.68. The summed E-state index contributed by atoms with van der Waals surface area (Å²) < 4.78 is 4.32. The lowest BCUT2D eigenvalue weighted by atomic mass is 10.1. The standard InChI is InChI=1S/C10H11NO6/c1-17-10(14)9(13)5-6-2-3-7(11(15)16)8(12)4-6/h2-4,9,12-13H,5H2,1H3/t9-/m0/s1. The van der Waals surface area contributed by atoms with Gasteiger partial charge in [0.1, 0.15) is 0 Å². The number of carbonyl (C=O) groups is 1. The molecule has 0 fully saturated rings. The number of aliphatic hydroxyl groups is 1. The van der Waals surface area contributed by atoms with Gasteiger partial charge in [-0.1, -0.05) is 6.07 Å². The van der Waals surface area contributed by atoms with Crippen molar-refractivity contribution in [3.05, 3.63) is 33.9 Å². The van der Waals surface area contributed by atoms with Gasteiger partial charge in [-0.15, -0.1) is 0 Å². The zero-order valence-corrected chi connectivity index (χ0v) is 8.99. The van der Waals surface area contributed by atoms with E-state index in [1.807, 2.05) is 0 Å². The van der Waals surface area contributed by atoms with Crippen LogP contribution in [-0.4, -0.2) is 34.3 Å². The highest BCUT2D eigenvalue weighted by molar-refractivity contribution is 5.74. The summed E-state index contributed by atoms with van der Waals surface area (Å²) in [6.45, 7) is 0. The molecule has 7 nitrogen and oxygen atoms in total. The maximum Gasteiger partial charge on any atom is 0.335 e. The van der Waals surface area contributed by atoms with Gasteiger partial charge in [0, 0.05) is 12.5 Å². The molecule has 92 valence electrons. The van der Waals surface area contributed by atoms with E-state index in [9.17, 15) is 25.1 Å². The van der Waals surface area contributed by atoms with E-state index in [1.165, 1.54) is 6.07 Å². The zero-order valence-electron chi connectivity index (χ0n) is 8.99. The van der Waals surface area contributed by atoms with Crippen molar-refractivity contribution in [3.63, 3.8) is 0 Å². The molecule has 17 heavy (non-hydrogen) atoms. The maximum absolute atomic E-state index is 10.9. The topological polar surface area (TPSA) is 110 Å². The fraction of sp³-hybridized carbons (Fsp3) is 0.300. The molecule has 0 aliphatic rings. The minimum Gasteiger partial charge on any atom is -0.502 e. The summed E-state index contributed by atoms with van der Waals surface area (Å²) in [6, 6.07) is 3.59. The number of esters is 1. The second-order valence-electron chi connectivity index (χ2n) is 3.32. The fourth-order valence-electron chi connectivity index (χ4n) is 1.29. The largest absolute Gasteiger partial charge is 0.502 e. The third-order valence-electron chi connectivity index (χ3n) is 2.14. The number of rotatable bonds is 4. The first kappa shape index (κ1) is 12.9. The molecule has 0 saturated carbocycles. The second-order valence-corrected chi connectivity index (χ2v) is 3.32. The molecule has 0 unspecified atom stereocenters. The van der Waals surface area contributed by atoms with Crippen LogP contribution in [0.3, 0.4) is 0 Å². The van der Waals surface area contributed by atoms with Gasteiger partial charge in [-0.05, 0) is 11.6 Å². The number of nitro groups is 1. The van der Waals surface area contributed by atoms with Gasteiger partial charge < -0.3 is 14.9 Å². The van der Waals surface area contributed by atoms with Gasteiger partial charge in [-0.2, -0.15) is 0 Å². The van der Waals surface area contributed by atoms with Crippen LogP contribution in [0.15, 0.2) is 18.2 Å². The van der Waals surface area contributed by atoms with Gasteiger partial charge in [0.15, 0.2) is 11.9 Å². The highest BCUT2D eigenvalue weighted by atomic mass is 16.6. The molecule has 0 aromatic heterocycles. The molecule has 1 rings (SSSR count). The smallest absolute Gasteiger partial charge is 0.335 e. The number of phenols is 1. The summed E-state index contributed by atoms with van der Waals surface area (Å²) in [5.41, 5.74) is -0.0349. The quantitative estimate of drug-likeness (QED) is 0.448. The van der Waals surface area contributed by atoms with Gasteiger partial charge in [0.25, 0.3) is 0 Å². The fourth-order valence-corrected chi connectivity index (χ4v) is 1.29. The van der Waals surface area contributed by atoms with Crippen LogP contribution in [0.25, 0.3) is 0 Å². The van der Waals surface area contributed by atoms with Gasteiger partial charge in [0.2, 0.25) is 0 Å². The minimum absolute atomic E-state index is 0.0851. The normalized spacial score (nSPS) is 11.9. The third kappa shape index (κ3) is 3.15. The number of benzene rings is 1. The molecule has 0 heterocycles. The van der Waals surface area contributed by atoms with E-state index in [0.717, 1.165) is 19.2 Å². The number of aliphatic hydroxyl groups excluding tert-OH is 1.